The maximum absolute atomic E-state index is 13.8. The molecule has 54 heavy (non-hydrogen) atoms. The highest BCUT2D eigenvalue weighted by atomic mass is 35.5. The van der Waals surface area contributed by atoms with Crippen molar-refractivity contribution in [3.63, 3.8) is 0 Å². The van der Waals surface area contributed by atoms with E-state index in [-0.39, 0.29) is 39.6 Å². The Hall–Kier alpha value is -4.52. The van der Waals surface area contributed by atoms with E-state index in [0.717, 1.165) is 38.8 Å². The number of fused-ring (bicyclic) bond motifs is 3. The predicted molar refractivity (Wildman–Crippen MR) is 196 cm³/mol. The maximum Gasteiger partial charge on any atom is 0.387 e. The molecule has 0 amide bonds. The smallest absolute Gasteiger partial charge is 0.387 e. The number of esters is 2. The molecule has 1 aliphatic carbocycles. The van der Waals surface area contributed by atoms with Crippen molar-refractivity contribution in [3.8, 4) is 11.5 Å². The van der Waals surface area contributed by atoms with E-state index in [0.29, 0.717) is 47.4 Å². The van der Waals surface area contributed by atoms with E-state index >= 15 is 0 Å². The van der Waals surface area contributed by atoms with Crippen LogP contribution in [-0.2, 0) is 20.7 Å². The molecule has 4 aliphatic rings. The predicted octanol–water partition coefficient (Wildman–Crippen LogP) is 8.85. The monoisotopic (exact) mass is 783 g/mol. The number of nitrogens with zero attached hydrogens (tertiary/aromatic N) is 2. The van der Waals surface area contributed by atoms with Crippen LogP contribution in [0.4, 0.5) is 18.9 Å². The van der Waals surface area contributed by atoms with Gasteiger partial charge in [0.25, 0.3) is 0 Å². The van der Waals surface area contributed by atoms with Crippen molar-refractivity contribution in [2.24, 2.45) is 11.8 Å². The van der Waals surface area contributed by atoms with Crippen LogP contribution in [0.1, 0.15) is 64.9 Å². The quantitative estimate of drug-likeness (QED) is 0.119. The van der Waals surface area contributed by atoms with Gasteiger partial charge >= 0.3 is 18.6 Å². The lowest BCUT2D eigenvalue weighted by Gasteiger charge is -2.44. The number of aromatic nitrogens is 1. The van der Waals surface area contributed by atoms with Crippen molar-refractivity contribution in [3.05, 3.63) is 117 Å². The molecule has 3 atom stereocenters. The average molecular weight is 785 g/mol. The van der Waals surface area contributed by atoms with Crippen molar-refractivity contribution in [1.29, 1.82) is 0 Å². The summed E-state index contributed by atoms with van der Waals surface area (Å²) in [4.78, 5) is 33.6. The van der Waals surface area contributed by atoms with Gasteiger partial charge in [0.05, 0.1) is 22.2 Å². The van der Waals surface area contributed by atoms with Gasteiger partial charge < -0.3 is 24.3 Å². The number of pyridine rings is 1. The molecule has 14 heteroatoms. The van der Waals surface area contributed by atoms with Crippen LogP contribution in [-0.4, -0.2) is 60.8 Å². The largest absolute Gasteiger partial charge is 0.489 e. The van der Waals surface area contributed by atoms with E-state index in [4.69, 9.17) is 42.1 Å². The fourth-order valence-corrected chi connectivity index (χ4v) is 7.35. The molecule has 3 aliphatic heterocycles. The van der Waals surface area contributed by atoms with Crippen LogP contribution < -0.4 is 14.8 Å². The molecule has 1 N–H and O–H groups in total. The average Bonchev–Trinajstić information content (AvgIpc) is 4.00. The van der Waals surface area contributed by atoms with Gasteiger partial charge in [-0.2, -0.15) is 8.78 Å². The Bertz CT molecular complexity index is 1920. The zero-order valence-electron chi connectivity index (χ0n) is 29.1. The summed E-state index contributed by atoms with van der Waals surface area (Å²) in [6, 6.07) is 15.4. The zero-order chi connectivity index (χ0) is 37.8. The third-order valence-electron chi connectivity index (χ3n) is 10.1. The van der Waals surface area contributed by atoms with Crippen LogP contribution in [0, 0.1) is 17.7 Å². The summed E-state index contributed by atoms with van der Waals surface area (Å²) in [5, 5.41) is 3.71. The molecule has 2 bridgehead atoms. The lowest BCUT2D eigenvalue weighted by Crippen LogP contribution is -2.52. The molecule has 8 rings (SSSR count). The van der Waals surface area contributed by atoms with E-state index in [2.05, 4.69) is 15.2 Å². The molecular weight excluding hydrogens is 746 g/mol. The van der Waals surface area contributed by atoms with E-state index in [1.54, 1.807) is 12.1 Å². The first-order valence-corrected chi connectivity index (χ1v) is 18.6. The van der Waals surface area contributed by atoms with E-state index < -0.39 is 36.5 Å². The molecule has 284 valence electrons. The minimum Gasteiger partial charge on any atom is -0.489 e. The number of anilines is 1. The number of alkyl halides is 2. The molecule has 0 radical (unpaired) electrons. The second-order valence-electron chi connectivity index (χ2n) is 13.8. The SMILES string of the molecule is O=C(O[C@@H](Cc1c(Cl)cncc1Cl)c1ccc(OC(F)F)c(OCC2CC2)c1)c1ccc(NC(C(=O)O[C@H]2CN3CCC2CC3)c2ccc(F)cc2)cc1. The highest BCUT2D eigenvalue weighted by Crippen LogP contribution is 2.38. The summed E-state index contributed by atoms with van der Waals surface area (Å²) in [7, 11) is 0. The Labute approximate surface area is 320 Å². The molecule has 4 aromatic rings. The van der Waals surface area contributed by atoms with Crippen LogP contribution in [0.5, 0.6) is 11.5 Å². The number of halogens is 5. The summed E-state index contributed by atoms with van der Waals surface area (Å²) in [6.07, 6.45) is 5.57. The van der Waals surface area contributed by atoms with Crippen molar-refractivity contribution in [1.82, 2.24) is 9.88 Å². The second-order valence-corrected chi connectivity index (χ2v) is 14.7. The molecule has 3 saturated heterocycles. The fourth-order valence-electron chi connectivity index (χ4n) is 6.83. The van der Waals surface area contributed by atoms with Gasteiger partial charge in [-0.15, -0.1) is 0 Å². The van der Waals surface area contributed by atoms with E-state index in [1.165, 1.54) is 67.0 Å². The van der Waals surface area contributed by atoms with Crippen LogP contribution in [0.25, 0.3) is 0 Å². The van der Waals surface area contributed by atoms with Gasteiger partial charge in [-0.3, -0.25) is 9.88 Å². The molecule has 9 nitrogen and oxygen atoms in total. The zero-order valence-corrected chi connectivity index (χ0v) is 30.6. The summed E-state index contributed by atoms with van der Waals surface area (Å²) < 4.78 is 63.0. The van der Waals surface area contributed by atoms with E-state index in [9.17, 15) is 22.8 Å². The van der Waals surface area contributed by atoms with Crippen LogP contribution in [0.2, 0.25) is 10.0 Å². The van der Waals surface area contributed by atoms with Crippen LogP contribution >= 0.6 is 23.2 Å². The highest BCUT2D eigenvalue weighted by Gasteiger charge is 2.38. The topological polar surface area (TPSA) is 99.2 Å². The number of piperidine rings is 3. The molecule has 4 heterocycles. The van der Waals surface area contributed by atoms with Crippen LogP contribution in [0.3, 0.4) is 0 Å². The van der Waals surface area contributed by atoms with Gasteiger partial charge in [-0.25, -0.2) is 14.0 Å². The van der Waals surface area contributed by atoms with Gasteiger partial charge in [0.1, 0.15) is 18.0 Å². The normalized spacial score (nSPS) is 20.2. The molecular formula is C40H38Cl2F3N3O6. The van der Waals surface area contributed by atoms with Gasteiger partial charge in [0.15, 0.2) is 17.5 Å². The Morgan fingerprint density at radius 3 is 2.20 bits per heavy atom. The number of benzene rings is 3. The van der Waals surface area contributed by atoms with Gasteiger partial charge in [-0.1, -0.05) is 41.4 Å². The van der Waals surface area contributed by atoms with Crippen molar-refractivity contribution in [2.45, 2.75) is 57.0 Å². The number of carbonyl (C=O) groups is 2. The second kappa shape index (κ2) is 16.9. The highest BCUT2D eigenvalue weighted by molar-refractivity contribution is 6.35. The number of rotatable bonds is 15. The summed E-state index contributed by atoms with van der Waals surface area (Å²) in [5.74, 6) is -1.03. The molecule has 1 unspecified atom stereocenters. The van der Waals surface area contributed by atoms with E-state index in [1.807, 2.05) is 0 Å². The molecule has 3 aromatic carbocycles. The molecule has 1 aromatic heterocycles. The lowest BCUT2D eigenvalue weighted by molar-refractivity contribution is -0.159. The lowest BCUT2D eigenvalue weighted by atomic mass is 9.86. The minimum absolute atomic E-state index is 0.0315. The first kappa shape index (κ1) is 37.8. The third-order valence-corrected chi connectivity index (χ3v) is 10.7. The maximum atomic E-state index is 13.8. The molecule has 4 fully saturated rings. The van der Waals surface area contributed by atoms with Crippen molar-refractivity contribution < 1.29 is 41.7 Å². The van der Waals surface area contributed by atoms with Crippen molar-refractivity contribution in [2.75, 3.05) is 31.6 Å². The standard InChI is InChI=1S/C40H38Cl2F3N3O6/c41-31-19-46-20-32(42)30(31)18-34(27-7-12-33(54-40(44)45)35(17-27)51-22-23-1-2-23)52-38(49)26-5-10-29(11-6-26)47-37(25-3-8-28(43)9-4-25)39(50)53-36-21-48-15-13-24(36)14-16-48/h3-12,17,19-20,23-24,34,36-37,40,47H,1-2,13-16,18,21-22H2/t34-,36-,37?/m0/s1. The first-order valence-electron chi connectivity index (χ1n) is 17.8. The minimum atomic E-state index is -3.07. The van der Waals surface area contributed by atoms with Crippen LogP contribution in [0.15, 0.2) is 79.1 Å². The number of hydrogen-bond acceptors (Lipinski definition) is 9. The Morgan fingerprint density at radius 1 is 0.889 bits per heavy atom. The first-order chi connectivity index (χ1) is 26.1. The molecule has 1 saturated carbocycles. The number of nitrogens with one attached hydrogen (secondary N) is 1. The van der Waals surface area contributed by atoms with Crippen molar-refractivity contribution >= 4 is 40.8 Å². The third kappa shape index (κ3) is 9.40. The summed E-state index contributed by atoms with van der Waals surface area (Å²) in [5.41, 5.74) is 2.12. The van der Waals surface area contributed by atoms with Gasteiger partial charge in [0.2, 0.25) is 0 Å². The Balaban J connectivity index is 1.10. The fraction of sp³-hybridized carbons (Fsp3) is 0.375. The number of ether oxygens (including phenoxy) is 4. The van der Waals surface area contributed by atoms with Gasteiger partial charge in [0, 0.05) is 31.0 Å². The number of hydrogen-bond donors (Lipinski definition) is 1. The Kier molecular flexibility index (Phi) is 11.8. The molecule has 0 spiro atoms. The summed E-state index contributed by atoms with van der Waals surface area (Å²) >= 11 is 12.9. The summed E-state index contributed by atoms with van der Waals surface area (Å²) in [6.45, 7) is -0.0575. The van der Waals surface area contributed by atoms with Gasteiger partial charge in [-0.05, 0) is 116 Å². The Morgan fingerprint density at radius 2 is 1.57 bits per heavy atom. The number of carbonyl (C=O) groups excluding carboxylic acids is 2.